The number of nitrogens with zero attached hydrogens (tertiary/aromatic N) is 4. The second-order valence-corrected chi connectivity index (χ2v) is 5.89. The summed E-state index contributed by atoms with van der Waals surface area (Å²) in [7, 11) is 0. The Bertz CT molecular complexity index is 882. The topological polar surface area (TPSA) is 55.6 Å². The third kappa shape index (κ3) is 2.49. The van der Waals surface area contributed by atoms with Crippen molar-refractivity contribution < 1.29 is 0 Å². The molecule has 23 heavy (non-hydrogen) atoms. The summed E-state index contributed by atoms with van der Waals surface area (Å²) in [5.74, 6) is 0.605. The van der Waals surface area contributed by atoms with Gasteiger partial charge in [-0.15, -0.1) is 0 Å². The molecule has 114 valence electrons. The number of benzene rings is 2. The van der Waals surface area contributed by atoms with Crippen molar-refractivity contribution >= 4 is 23.2 Å². The van der Waals surface area contributed by atoms with Crippen LogP contribution in [0.15, 0.2) is 54.6 Å². The van der Waals surface area contributed by atoms with Gasteiger partial charge in [-0.2, -0.15) is 4.68 Å². The number of hydrogen-bond acceptors (Lipinski definition) is 4. The van der Waals surface area contributed by atoms with Gasteiger partial charge in [0.2, 0.25) is 5.95 Å². The Morgan fingerprint density at radius 1 is 1.09 bits per heavy atom. The Morgan fingerprint density at radius 3 is 2.65 bits per heavy atom. The average molecular weight is 324 g/mol. The second-order valence-electron chi connectivity index (χ2n) is 5.48. The molecule has 0 fully saturated rings. The van der Waals surface area contributed by atoms with Crippen molar-refractivity contribution in [2.45, 2.75) is 13.0 Å². The number of aryl methyl sites for hydroxylation is 1. The van der Waals surface area contributed by atoms with Crippen molar-refractivity contribution in [2.75, 3.05) is 5.32 Å². The molecule has 2 aromatic carbocycles. The van der Waals surface area contributed by atoms with Gasteiger partial charge in [0.05, 0.1) is 0 Å². The first kappa shape index (κ1) is 14.0. The standard InChI is InChI=1S/C17H14ClN5/c1-11-6-8-12(9-7-11)15-10-16(13-4-2-3-5-14(13)18)23-17(19-15)20-21-22-23/h2-10,16H,1H3,(H,19,20,22)/t16-/m0/s1. The molecule has 0 spiro atoms. The summed E-state index contributed by atoms with van der Waals surface area (Å²) in [6.07, 6.45) is 2.09. The van der Waals surface area contributed by atoms with Gasteiger partial charge in [-0.25, -0.2) is 0 Å². The maximum absolute atomic E-state index is 6.37. The van der Waals surface area contributed by atoms with Crippen LogP contribution in [0.4, 0.5) is 5.95 Å². The van der Waals surface area contributed by atoms with E-state index < -0.39 is 0 Å². The Hall–Kier alpha value is -2.66. The lowest BCUT2D eigenvalue weighted by Gasteiger charge is -2.24. The van der Waals surface area contributed by atoms with Crippen molar-refractivity contribution in [2.24, 2.45) is 0 Å². The van der Waals surface area contributed by atoms with Crippen molar-refractivity contribution in [1.29, 1.82) is 0 Å². The van der Waals surface area contributed by atoms with Gasteiger partial charge >= 0.3 is 0 Å². The number of aromatic nitrogens is 4. The van der Waals surface area contributed by atoms with E-state index in [0.29, 0.717) is 11.0 Å². The number of rotatable bonds is 2. The van der Waals surface area contributed by atoms with E-state index in [1.54, 1.807) is 4.68 Å². The molecular formula is C17H14ClN5. The van der Waals surface area contributed by atoms with Crippen molar-refractivity contribution in [3.05, 3.63) is 76.3 Å². The zero-order valence-electron chi connectivity index (χ0n) is 12.4. The van der Waals surface area contributed by atoms with Crippen LogP contribution in [0.5, 0.6) is 0 Å². The normalized spacial score (nSPS) is 16.4. The molecule has 5 nitrogen and oxygen atoms in total. The average Bonchev–Trinajstić information content (AvgIpc) is 3.04. The lowest BCUT2D eigenvalue weighted by atomic mass is 10.0. The zero-order valence-corrected chi connectivity index (χ0v) is 13.2. The SMILES string of the molecule is Cc1ccc(C2=C[C@@H](c3ccccc3Cl)n3nnnc3N2)cc1. The van der Waals surface area contributed by atoms with Crippen LogP contribution < -0.4 is 5.32 Å². The molecule has 0 saturated heterocycles. The van der Waals surface area contributed by atoms with Gasteiger partial charge in [0.1, 0.15) is 6.04 Å². The van der Waals surface area contributed by atoms with Crippen LogP contribution in [0.2, 0.25) is 5.02 Å². The van der Waals surface area contributed by atoms with E-state index in [9.17, 15) is 0 Å². The lowest BCUT2D eigenvalue weighted by molar-refractivity contribution is 0.586. The van der Waals surface area contributed by atoms with E-state index in [4.69, 9.17) is 11.6 Å². The van der Waals surface area contributed by atoms with E-state index in [1.165, 1.54) is 5.56 Å². The fraction of sp³-hybridized carbons (Fsp3) is 0.118. The molecule has 0 amide bonds. The van der Waals surface area contributed by atoms with Crippen LogP contribution >= 0.6 is 11.6 Å². The molecule has 2 heterocycles. The molecule has 6 heteroatoms. The van der Waals surface area contributed by atoms with E-state index in [1.807, 2.05) is 24.3 Å². The summed E-state index contributed by atoms with van der Waals surface area (Å²) in [4.78, 5) is 0. The first-order chi connectivity index (χ1) is 11.2. The van der Waals surface area contributed by atoms with Crippen LogP contribution in [0, 0.1) is 6.92 Å². The molecule has 1 N–H and O–H groups in total. The first-order valence-corrected chi connectivity index (χ1v) is 7.68. The third-order valence-corrected chi connectivity index (χ3v) is 4.26. The molecule has 0 radical (unpaired) electrons. The van der Waals surface area contributed by atoms with Crippen LogP contribution in [0.25, 0.3) is 5.70 Å². The Kier molecular flexibility index (Phi) is 3.35. The van der Waals surface area contributed by atoms with Crippen molar-refractivity contribution in [3.63, 3.8) is 0 Å². The minimum atomic E-state index is -0.147. The van der Waals surface area contributed by atoms with E-state index in [2.05, 4.69) is 58.1 Å². The Morgan fingerprint density at radius 2 is 1.87 bits per heavy atom. The van der Waals surface area contributed by atoms with E-state index in [-0.39, 0.29) is 6.04 Å². The maximum atomic E-state index is 6.37. The number of halogens is 1. The number of nitrogens with one attached hydrogen (secondary N) is 1. The van der Waals surface area contributed by atoms with Crippen molar-refractivity contribution in [1.82, 2.24) is 20.2 Å². The molecule has 1 aliphatic rings. The first-order valence-electron chi connectivity index (χ1n) is 7.30. The van der Waals surface area contributed by atoms with Gasteiger partial charge in [-0.05, 0) is 40.6 Å². The lowest BCUT2D eigenvalue weighted by Crippen LogP contribution is -2.20. The highest BCUT2D eigenvalue weighted by Crippen LogP contribution is 2.34. The van der Waals surface area contributed by atoms with Crippen molar-refractivity contribution in [3.8, 4) is 0 Å². The molecule has 3 aromatic rings. The molecular weight excluding hydrogens is 310 g/mol. The smallest absolute Gasteiger partial charge is 0.248 e. The summed E-state index contributed by atoms with van der Waals surface area (Å²) in [6.45, 7) is 2.07. The van der Waals surface area contributed by atoms with Gasteiger partial charge in [-0.1, -0.05) is 64.7 Å². The predicted octanol–water partition coefficient (Wildman–Crippen LogP) is 3.69. The minimum Gasteiger partial charge on any atom is -0.323 e. The van der Waals surface area contributed by atoms with Crippen LogP contribution in [-0.4, -0.2) is 20.2 Å². The highest BCUT2D eigenvalue weighted by atomic mass is 35.5. The fourth-order valence-corrected chi connectivity index (χ4v) is 2.94. The fourth-order valence-electron chi connectivity index (χ4n) is 2.69. The van der Waals surface area contributed by atoms with Crippen LogP contribution in [-0.2, 0) is 0 Å². The number of hydrogen-bond donors (Lipinski definition) is 1. The zero-order chi connectivity index (χ0) is 15.8. The quantitative estimate of drug-likeness (QED) is 0.781. The Labute approximate surface area is 138 Å². The van der Waals surface area contributed by atoms with Gasteiger partial charge in [0, 0.05) is 10.7 Å². The molecule has 0 bridgehead atoms. The second kappa shape index (κ2) is 5.52. The highest BCUT2D eigenvalue weighted by molar-refractivity contribution is 6.31. The van der Waals surface area contributed by atoms with Gasteiger partial charge in [0.25, 0.3) is 0 Å². The van der Waals surface area contributed by atoms with Crippen LogP contribution in [0.1, 0.15) is 22.7 Å². The molecule has 0 aliphatic carbocycles. The number of tetrazole rings is 1. The summed E-state index contributed by atoms with van der Waals surface area (Å²) in [5, 5.41) is 15.9. The Balaban J connectivity index is 1.83. The summed E-state index contributed by atoms with van der Waals surface area (Å²) >= 11 is 6.37. The largest absolute Gasteiger partial charge is 0.323 e. The monoisotopic (exact) mass is 323 g/mol. The molecule has 0 saturated carbocycles. The number of anilines is 1. The van der Waals surface area contributed by atoms with Gasteiger partial charge < -0.3 is 5.32 Å². The summed E-state index contributed by atoms with van der Waals surface area (Å²) in [5.41, 5.74) is 4.24. The van der Waals surface area contributed by atoms with Crippen LogP contribution in [0.3, 0.4) is 0 Å². The highest BCUT2D eigenvalue weighted by Gasteiger charge is 2.25. The predicted molar refractivity (Wildman–Crippen MR) is 90.2 cm³/mol. The maximum Gasteiger partial charge on any atom is 0.248 e. The van der Waals surface area contributed by atoms with Gasteiger partial charge in [-0.3, -0.25) is 0 Å². The van der Waals surface area contributed by atoms with E-state index >= 15 is 0 Å². The summed E-state index contributed by atoms with van der Waals surface area (Å²) in [6, 6.07) is 15.9. The van der Waals surface area contributed by atoms with Gasteiger partial charge in [0.15, 0.2) is 0 Å². The molecule has 1 aliphatic heterocycles. The third-order valence-electron chi connectivity index (χ3n) is 3.91. The molecule has 0 unspecified atom stereocenters. The summed E-state index contributed by atoms with van der Waals surface area (Å²) < 4.78 is 1.74. The molecule has 1 aromatic heterocycles. The number of allylic oxidation sites excluding steroid dienone is 1. The minimum absolute atomic E-state index is 0.147. The van der Waals surface area contributed by atoms with E-state index in [0.717, 1.165) is 16.8 Å². The number of fused-ring (bicyclic) bond motifs is 1. The molecule has 4 rings (SSSR count). The molecule has 1 atom stereocenters.